The fourth-order valence-electron chi connectivity index (χ4n) is 1.70. The first-order valence-corrected chi connectivity index (χ1v) is 5.95. The number of nitriles is 1. The zero-order valence-electron chi connectivity index (χ0n) is 11.4. The summed E-state index contributed by atoms with van der Waals surface area (Å²) >= 11 is 0. The Bertz CT molecular complexity index is 449. The molecular weight excluding hydrogens is 226 g/mol. The standard InChI is InChI=1S/C15H19NO2/c1-15(2,3)13-7-5-11(6-8-13)9-12(10-16)14(17)18-4/h5-8,12H,9H2,1-4H3. The van der Waals surface area contributed by atoms with Gasteiger partial charge in [0.1, 0.15) is 5.92 Å². The molecule has 18 heavy (non-hydrogen) atoms. The zero-order valence-corrected chi connectivity index (χ0v) is 11.4. The monoisotopic (exact) mass is 245 g/mol. The molecule has 0 amide bonds. The average molecular weight is 245 g/mol. The van der Waals surface area contributed by atoms with E-state index < -0.39 is 11.9 Å². The number of hydrogen-bond donors (Lipinski definition) is 0. The summed E-state index contributed by atoms with van der Waals surface area (Å²) in [6, 6.07) is 9.99. The number of nitrogens with zero attached hydrogens (tertiary/aromatic N) is 1. The van der Waals surface area contributed by atoms with Gasteiger partial charge in [0, 0.05) is 0 Å². The molecule has 1 unspecified atom stereocenters. The molecule has 3 nitrogen and oxygen atoms in total. The molecule has 3 heteroatoms. The number of benzene rings is 1. The summed E-state index contributed by atoms with van der Waals surface area (Å²) in [6.07, 6.45) is 0.396. The molecule has 0 saturated carbocycles. The van der Waals surface area contributed by atoms with Crippen molar-refractivity contribution in [3.63, 3.8) is 0 Å². The van der Waals surface area contributed by atoms with Crippen LogP contribution in [0.25, 0.3) is 0 Å². The quantitative estimate of drug-likeness (QED) is 0.769. The first kappa shape index (κ1) is 14.2. The number of methoxy groups -OCH3 is 1. The van der Waals surface area contributed by atoms with Crippen molar-refractivity contribution < 1.29 is 9.53 Å². The van der Waals surface area contributed by atoms with Crippen LogP contribution in [-0.2, 0) is 21.4 Å². The van der Waals surface area contributed by atoms with E-state index in [1.807, 2.05) is 30.3 Å². The summed E-state index contributed by atoms with van der Waals surface area (Å²) in [5.74, 6) is -1.20. The van der Waals surface area contributed by atoms with Gasteiger partial charge in [0.05, 0.1) is 13.2 Å². The summed E-state index contributed by atoms with van der Waals surface area (Å²) in [7, 11) is 1.30. The van der Waals surface area contributed by atoms with Crippen LogP contribution in [0, 0.1) is 17.2 Å². The van der Waals surface area contributed by atoms with E-state index in [4.69, 9.17) is 5.26 Å². The van der Waals surface area contributed by atoms with Gasteiger partial charge in [-0.3, -0.25) is 4.79 Å². The maximum Gasteiger partial charge on any atom is 0.323 e. The topological polar surface area (TPSA) is 50.1 Å². The van der Waals surface area contributed by atoms with Gasteiger partial charge in [0.15, 0.2) is 0 Å². The molecule has 0 heterocycles. The van der Waals surface area contributed by atoms with Gasteiger partial charge in [-0.15, -0.1) is 0 Å². The Balaban J connectivity index is 2.81. The van der Waals surface area contributed by atoms with E-state index in [0.717, 1.165) is 5.56 Å². The van der Waals surface area contributed by atoms with Crippen molar-refractivity contribution in [2.75, 3.05) is 7.11 Å². The van der Waals surface area contributed by atoms with E-state index in [9.17, 15) is 4.79 Å². The number of rotatable bonds is 3. The van der Waals surface area contributed by atoms with E-state index in [-0.39, 0.29) is 5.41 Å². The second-order valence-corrected chi connectivity index (χ2v) is 5.36. The Morgan fingerprint density at radius 3 is 2.28 bits per heavy atom. The summed E-state index contributed by atoms with van der Waals surface area (Å²) in [5.41, 5.74) is 2.31. The van der Waals surface area contributed by atoms with Crippen LogP contribution in [-0.4, -0.2) is 13.1 Å². The molecule has 1 atom stereocenters. The summed E-state index contributed by atoms with van der Waals surface area (Å²) in [6.45, 7) is 6.44. The van der Waals surface area contributed by atoms with Gasteiger partial charge < -0.3 is 4.74 Å². The zero-order chi connectivity index (χ0) is 13.8. The molecule has 1 rings (SSSR count). The van der Waals surface area contributed by atoms with Crippen molar-refractivity contribution in [2.45, 2.75) is 32.6 Å². The Morgan fingerprint density at radius 1 is 1.33 bits per heavy atom. The Kier molecular flexibility index (Phi) is 4.49. The Morgan fingerprint density at radius 2 is 1.89 bits per heavy atom. The van der Waals surface area contributed by atoms with Gasteiger partial charge in [0.25, 0.3) is 0 Å². The second-order valence-electron chi connectivity index (χ2n) is 5.36. The molecule has 0 bridgehead atoms. The molecule has 1 aromatic rings. The first-order chi connectivity index (χ1) is 8.38. The maximum atomic E-state index is 11.3. The van der Waals surface area contributed by atoms with Crippen molar-refractivity contribution in [3.8, 4) is 6.07 Å². The summed E-state index contributed by atoms with van der Waals surface area (Å²) < 4.78 is 4.59. The van der Waals surface area contributed by atoms with Gasteiger partial charge in [-0.25, -0.2) is 0 Å². The minimum atomic E-state index is -0.726. The third kappa shape index (κ3) is 3.59. The average Bonchev–Trinajstić information content (AvgIpc) is 2.34. The molecule has 0 spiro atoms. The van der Waals surface area contributed by atoms with E-state index >= 15 is 0 Å². The molecule has 0 aliphatic heterocycles. The highest BCUT2D eigenvalue weighted by molar-refractivity contribution is 5.75. The van der Waals surface area contributed by atoms with E-state index in [2.05, 4.69) is 25.5 Å². The van der Waals surface area contributed by atoms with Crippen LogP contribution in [0.2, 0.25) is 0 Å². The lowest BCUT2D eigenvalue weighted by atomic mass is 9.86. The largest absolute Gasteiger partial charge is 0.468 e. The minimum Gasteiger partial charge on any atom is -0.468 e. The van der Waals surface area contributed by atoms with Gasteiger partial charge in [-0.05, 0) is 23.0 Å². The van der Waals surface area contributed by atoms with Crippen molar-refractivity contribution in [1.29, 1.82) is 5.26 Å². The highest BCUT2D eigenvalue weighted by atomic mass is 16.5. The molecule has 0 aliphatic carbocycles. The molecule has 96 valence electrons. The van der Waals surface area contributed by atoms with Crippen LogP contribution in [0.5, 0.6) is 0 Å². The number of carbonyl (C=O) groups excluding carboxylic acids is 1. The maximum absolute atomic E-state index is 11.3. The summed E-state index contributed by atoms with van der Waals surface area (Å²) in [5, 5.41) is 8.92. The summed E-state index contributed by atoms with van der Waals surface area (Å²) in [4.78, 5) is 11.3. The van der Waals surface area contributed by atoms with Crippen LogP contribution in [0.3, 0.4) is 0 Å². The van der Waals surface area contributed by atoms with Crippen LogP contribution < -0.4 is 0 Å². The van der Waals surface area contributed by atoms with E-state index in [1.165, 1.54) is 12.7 Å². The van der Waals surface area contributed by atoms with Gasteiger partial charge in [0.2, 0.25) is 0 Å². The molecule has 0 aliphatic rings. The van der Waals surface area contributed by atoms with Crippen LogP contribution in [0.1, 0.15) is 31.9 Å². The van der Waals surface area contributed by atoms with Crippen molar-refractivity contribution >= 4 is 5.97 Å². The van der Waals surface area contributed by atoms with E-state index in [1.54, 1.807) is 0 Å². The van der Waals surface area contributed by atoms with E-state index in [0.29, 0.717) is 6.42 Å². The number of hydrogen-bond acceptors (Lipinski definition) is 3. The van der Waals surface area contributed by atoms with Crippen LogP contribution >= 0.6 is 0 Å². The van der Waals surface area contributed by atoms with Crippen molar-refractivity contribution in [3.05, 3.63) is 35.4 Å². The molecule has 0 fully saturated rings. The SMILES string of the molecule is COC(=O)C(C#N)Cc1ccc(C(C)(C)C)cc1. The first-order valence-electron chi connectivity index (χ1n) is 5.95. The molecule has 1 aromatic carbocycles. The third-order valence-electron chi connectivity index (χ3n) is 2.90. The van der Waals surface area contributed by atoms with Gasteiger partial charge >= 0.3 is 5.97 Å². The Labute approximate surface area is 108 Å². The predicted octanol–water partition coefficient (Wildman–Crippen LogP) is 2.84. The van der Waals surface area contributed by atoms with Crippen LogP contribution in [0.4, 0.5) is 0 Å². The highest BCUT2D eigenvalue weighted by Crippen LogP contribution is 2.22. The van der Waals surface area contributed by atoms with Gasteiger partial charge in [-0.2, -0.15) is 5.26 Å². The molecule has 0 saturated heterocycles. The second kappa shape index (κ2) is 5.68. The lowest BCUT2D eigenvalue weighted by Gasteiger charge is -2.19. The van der Waals surface area contributed by atoms with Gasteiger partial charge in [-0.1, -0.05) is 45.0 Å². The fraction of sp³-hybridized carbons (Fsp3) is 0.467. The number of ether oxygens (including phenoxy) is 1. The number of carbonyl (C=O) groups is 1. The highest BCUT2D eigenvalue weighted by Gasteiger charge is 2.19. The van der Waals surface area contributed by atoms with Crippen molar-refractivity contribution in [1.82, 2.24) is 0 Å². The normalized spacial score (nSPS) is 12.6. The lowest BCUT2D eigenvalue weighted by Crippen LogP contribution is -2.17. The minimum absolute atomic E-state index is 0.107. The van der Waals surface area contributed by atoms with Crippen molar-refractivity contribution in [2.24, 2.45) is 5.92 Å². The Hall–Kier alpha value is -1.82. The third-order valence-corrected chi connectivity index (χ3v) is 2.90. The fourth-order valence-corrected chi connectivity index (χ4v) is 1.70. The predicted molar refractivity (Wildman–Crippen MR) is 70.0 cm³/mol. The molecule has 0 N–H and O–H groups in total. The molecule has 0 radical (unpaired) electrons. The molecular formula is C15H19NO2. The molecule has 0 aromatic heterocycles. The smallest absolute Gasteiger partial charge is 0.323 e. The van der Waals surface area contributed by atoms with Crippen LogP contribution in [0.15, 0.2) is 24.3 Å². The lowest BCUT2D eigenvalue weighted by molar-refractivity contribution is -0.143. The number of esters is 1.